The quantitative estimate of drug-likeness (QED) is 0.712. The third kappa shape index (κ3) is 6.13. The number of nitrogens with one attached hydrogen (secondary N) is 2. The van der Waals surface area contributed by atoms with Crippen LogP contribution in [0.15, 0.2) is 24.3 Å². The first-order chi connectivity index (χ1) is 12.7. The van der Waals surface area contributed by atoms with Gasteiger partial charge in [-0.2, -0.15) is 0 Å². The minimum Gasteiger partial charge on any atom is -0.352 e. The van der Waals surface area contributed by atoms with E-state index in [1.54, 1.807) is 24.3 Å². The number of amides is 2. The molecule has 2 N–H and O–H groups in total. The van der Waals surface area contributed by atoms with Gasteiger partial charge < -0.3 is 15.5 Å². The molecule has 2 rings (SSSR count). The molecule has 2 amide bonds. The number of carbonyl (C=O) groups excluding carboxylic acids is 2. The van der Waals surface area contributed by atoms with Crippen molar-refractivity contribution in [2.24, 2.45) is 5.92 Å². The molecular weight excluding hydrogens is 326 g/mol. The van der Waals surface area contributed by atoms with Crippen molar-refractivity contribution in [3.05, 3.63) is 35.4 Å². The Kier molecular flexibility index (Phi) is 8.62. The van der Waals surface area contributed by atoms with E-state index in [9.17, 15) is 9.59 Å². The summed E-state index contributed by atoms with van der Waals surface area (Å²) >= 11 is 0. The van der Waals surface area contributed by atoms with Crippen molar-refractivity contribution in [3.63, 3.8) is 0 Å². The number of hydrogen-bond donors (Lipinski definition) is 2. The van der Waals surface area contributed by atoms with Gasteiger partial charge in [0.25, 0.3) is 11.8 Å². The van der Waals surface area contributed by atoms with Crippen molar-refractivity contribution in [1.29, 1.82) is 0 Å². The van der Waals surface area contributed by atoms with E-state index in [0.717, 1.165) is 45.4 Å². The van der Waals surface area contributed by atoms with Gasteiger partial charge >= 0.3 is 0 Å². The van der Waals surface area contributed by atoms with Crippen molar-refractivity contribution >= 4 is 11.8 Å². The molecule has 1 aromatic rings. The zero-order valence-corrected chi connectivity index (χ0v) is 16.2. The zero-order chi connectivity index (χ0) is 18.8. The Labute approximate surface area is 157 Å². The minimum atomic E-state index is -0.0963. The molecule has 0 spiro atoms. The highest BCUT2D eigenvalue weighted by Gasteiger charge is 2.17. The normalized spacial score (nSPS) is 16.9. The summed E-state index contributed by atoms with van der Waals surface area (Å²) in [6.07, 6.45) is 5.31. The molecule has 1 saturated heterocycles. The van der Waals surface area contributed by atoms with Gasteiger partial charge in [-0.05, 0) is 69.3 Å². The van der Waals surface area contributed by atoms with Crippen LogP contribution >= 0.6 is 0 Å². The maximum absolute atomic E-state index is 12.7. The Bertz CT molecular complexity index is 576. The van der Waals surface area contributed by atoms with Gasteiger partial charge in [0.1, 0.15) is 0 Å². The lowest BCUT2D eigenvalue weighted by molar-refractivity contribution is 0.0755. The van der Waals surface area contributed by atoms with E-state index in [4.69, 9.17) is 0 Å². The Morgan fingerprint density at radius 3 is 2.58 bits per heavy atom. The highest BCUT2D eigenvalue weighted by Crippen LogP contribution is 2.13. The van der Waals surface area contributed by atoms with Crippen LogP contribution in [0.2, 0.25) is 0 Å². The maximum Gasteiger partial charge on any atom is 0.253 e. The summed E-state index contributed by atoms with van der Waals surface area (Å²) in [5.74, 6) is 0.561. The molecule has 1 aliphatic rings. The van der Waals surface area contributed by atoms with Gasteiger partial charge in [-0.15, -0.1) is 0 Å². The maximum atomic E-state index is 12.7. The Morgan fingerprint density at radius 1 is 1.19 bits per heavy atom. The predicted molar refractivity (Wildman–Crippen MR) is 105 cm³/mol. The number of rotatable bonds is 9. The molecule has 5 nitrogen and oxygen atoms in total. The van der Waals surface area contributed by atoms with E-state index < -0.39 is 0 Å². The van der Waals surface area contributed by atoms with Crippen LogP contribution in [0.4, 0.5) is 0 Å². The van der Waals surface area contributed by atoms with Crippen molar-refractivity contribution in [2.75, 3.05) is 32.7 Å². The molecule has 144 valence electrons. The van der Waals surface area contributed by atoms with E-state index in [2.05, 4.69) is 24.5 Å². The van der Waals surface area contributed by atoms with Gasteiger partial charge in [-0.3, -0.25) is 9.59 Å². The van der Waals surface area contributed by atoms with Gasteiger partial charge in [-0.25, -0.2) is 0 Å². The lowest BCUT2D eigenvalue weighted by atomic mass is 9.96. The van der Waals surface area contributed by atoms with Crippen molar-refractivity contribution in [2.45, 2.75) is 46.0 Å². The van der Waals surface area contributed by atoms with Crippen LogP contribution in [0.3, 0.4) is 0 Å². The number of carbonyl (C=O) groups is 2. The fourth-order valence-electron chi connectivity index (χ4n) is 3.49. The van der Waals surface area contributed by atoms with Gasteiger partial charge in [0.2, 0.25) is 0 Å². The molecule has 1 aromatic carbocycles. The molecule has 1 unspecified atom stereocenters. The predicted octanol–water partition coefficient (Wildman–Crippen LogP) is 3.07. The van der Waals surface area contributed by atoms with Crippen LogP contribution in [-0.2, 0) is 0 Å². The summed E-state index contributed by atoms with van der Waals surface area (Å²) in [6, 6.07) is 7.09. The van der Waals surface area contributed by atoms with Crippen LogP contribution in [0, 0.1) is 5.92 Å². The largest absolute Gasteiger partial charge is 0.352 e. The van der Waals surface area contributed by atoms with Gasteiger partial charge in [-0.1, -0.05) is 19.9 Å². The Morgan fingerprint density at radius 2 is 1.92 bits per heavy atom. The van der Waals surface area contributed by atoms with Crippen LogP contribution in [0.25, 0.3) is 0 Å². The Balaban J connectivity index is 1.91. The molecule has 0 radical (unpaired) electrons. The third-order valence-corrected chi connectivity index (χ3v) is 4.88. The van der Waals surface area contributed by atoms with Gasteiger partial charge in [0.15, 0.2) is 0 Å². The summed E-state index contributed by atoms with van der Waals surface area (Å²) < 4.78 is 0. The van der Waals surface area contributed by atoms with E-state index >= 15 is 0 Å². The van der Waals surface area contributed by atoms with Crippen molar-refractivity contribution < 1.29 is 9.59 Å². The standard InChI is InChI=1S/C21H33N3O2/c1-3-13-24(14-4-2)21(26)19-9-5-8-18(15-19)20(25)23-12-10-17-7-6-11-22-16-17/h5,8-9,15,17,22H,3-4,6-7,10-14,16H2,1-2H3,(H,23,25). The summed E-state index contributed by atoms with van der Waals surface area (Å²) in [5, 5.41) is 6.40. The lowest BCUT2D eigenvalue weighted by Crippen LogP contribution is -2.34. The van der Waals surface area contributed by atoms with Gasteiger partial charge in [0.05, 0.1) is 0 Å². The monoisotopic (exact) mass is 359 g/mol. The topological polar surface area (TPSA) is 61.4 Å². The molecule has 0 aliphatic carbocycles. The van der Waals surface area contributed by atoms with Crippen LogP contribution in [0.5, 0.6) is 0 Å². The smallest absolute Gasteiger partial charge is 0.253 e. The van der Waals surface area contributed by atoms with Crippen LogP contribution < -0.4 is 10.6 Å². The van der Waals surface area contributed by atoms with E-state index in [1.165, 1.54) is 12.8 Å². The number of nitrogens with zero attached hydrogens (tertiary/aromatic N) is 1. The molecule has 26 heavy (non-hydrogen) atoms. The fourth-order valence-corrected chi connectivity index (χ4v) is 3.49. The molecule has 1 heterocycles. The van der Waals surface area contributed by atoms with Crippen LogP contribution in [-0.4, -0.2) is 49.4 Å². The third-order valence-electron chi connectivity index (χ3n) is 4.88. The first kappa shape index (κ1) is 20.4. The van der Waals surface area contributed by atoms with Crippen molar-refractivity contribution in [3.8, 4) is 0 Å². The summed E-state index contributed by atoms with van der Waals surface area (Å²) in [6.45, 7) is 8.47. The zero-order valence-electron chi connectivity index (χ0n) is 16.2. The number of piperidine rings is 1. The average Bonchev–Trinajstić information content (AvgIpc) is 2.68. The Hall–Kier alpha value is -1.88. The fraction of sp³-hybridized carbons (Fsp3) is 0.619. The second-order valence-corrected chi connectivity index (χ2v) is 7.13. The first-order valence-electron chi connectivity index (χ1n) is 10.0. The molecule has 0 aromatic heterocycles. The van der Waals surface area contributed by atoms with E-state index in [1.807, 2.05) is 4.90 Å². The average molecular weight is 360 g/mol. The molecule has 1 fully saturated rings. The SMILES string of the molecule is CCCN(CCC)C(=O)c1cccc(C(=O)NCCC2CCCNC2)c1. The molecular formula is C21H33N3O2. The molecule has 1 aliphatic heterocycles. The van der Waals surface area contributed by atoms with E-state index in [0.29, 0.717) is 23.6 Å². The van der Waals surface area contributed by atoms with Crippen LogP contribution in [0.1, 0.15) is 66.7 Å². The minimum absolute atomic E-state index is 0.0108. The number of benzene rings is 1. The second kappa shape index (κ2) is 11.0. The lowest BCUT2D eigenvalue weighted by Gasteiger charge is -2.22. The first-order valence-corrected chi connectivity index (χ1v) is 10.0. The summed E-state index contributed by atoms with van der Waals surface area (Å²) in [7, 11) is 0. The van der Waals surface area contributed by atoms with Gasteiger partial charge in [0, 0.05) is 30.8 Å². The summed E-state index contributed by atoms with van der Waals surface area (Å²) in [5.41, 5.74) is 1.15. The highest BCUT2D eigenvalue weighted by molar-refractivity contribution is 5.99. The molecule has 1 atom stereocenters. The molecule has 0 bridgehead atoms. The second-order valence-electron chi connectivity index (χ2n) is 7.13. The van der Waals surface area contributed by atoms with E-state index in [-0.39, 0.29) is 11.8 Å². The molecule has 0 saturated carbocycles. The number of hydrogen-bond acceptors (Lipinski definition) is 3. The molecule has 5 heteroatoms. The highest BCUT2D eigenvalue weighted by atomic mass is 16.2. The van der Waals surface area contributed by atoms with Crippen molar-refractivity contribution in [1.82, 2.24) is 15.5 Å². The summed E-state index contributed by atoms with van der Waals surface area (Å²) in [4.78, 5) is 27.0.